The van der Waals surface area contributed by atoms with Gasteiger partial charge in [-0.05, 0) is 37.8 Å². The maximum atomic E-state index is 12.7. The van der Waals surface area contributed by atoms with Crippen LogP contribution < -0.4 is 10.6 Å². The lowest BCUT2D eigenvalue weighted by atomic mass is 9.86. The Morgan fingerprint density at radius 2 is 1.93 bits per heavy atom. The van der Waals surface area contributed by atoms with E-state index >= 15 is 0 Å². The van der Waals surface area contributed by atoms with Crippen LogP contribution in [0, 0.1) is 0 Å². The predicted octanol–water partition coefficient (Wildman–Crippen LogP) is 2.28. The van der Waals surface area contributed by atoms with Crippen molar-refractivity contribution in [1.29, 1.82) is 0 Å². The number of rotatable bonds is 6. The van der Waals surface area contributed by atoms with Crippen molar-refractivity contribution < 1.29 is 23.1 Å². The van der Waals surface area contributed by atoms with Gasteiger partial charge in [-0.2, -0.15) is 13.2 Å². The van der Waals surface area contributed by atoms with Crippen molar-refractivity contribution in [2.75, 3.05) is 6.61 Å². The summed E-state index contributed by atoms with van der Waals surface area (Å²) >= 11 is 0. The third kappa shape index (κ3) is 4.10. The number of nitrogens with one attached hydrogen (secondary N) is 2. The van der Waals surface area contributed by atoms with Gasteiger partial charge < -0.3 is 15.7 Å². The molecule has 6 nitrogen and oxygen atoms in total. The first-order valence-electron chi connectivity index (χ1n) is 9.33. The van der Waals surface area contributed by atoms with E-state index in [1.54, 1.807) is 12.3 Å². The molecule has 1 amide bonds. The zero-order chi connectivity index (χ0) is 19.9. The van der Waals surface area contributed by atoms with Crippen molar-refractivity contribution in [3.05, 3.63) is 35.8 Å². The third-order valence-corrected chi connectivity index (χ3v) is 5.33. The number of fused-ring (bicyclic) bond motifs is 1. The molecular formula is C19H21F3N4O2. The first kappa shape index (κ1) is 19.1. The molecule has 28 heavy (non-hydrogen) atoms. The van der Waals surface area contributed by atoms with E-state index in [1.807, 2.05) is 6.07 Å². The van der Waals surface area contributed by atoms with E-state index in [0.717, 1.165) is 29.4 Å². The summed E-state index contributed by atoms with van der Waals surface area (Å²) in [4.78, 5) is 21.2. The number of pyridine rings is 2. The number of alkyl halides is 3. The van der Waals surface area contributed by atoms with E-state index < -0.39 is 18.8 Å². The summed E-state index contributed by atoms with van der Waals surface area (Å²) in [5.74, 6) is 0.218. The van der Waals surface area contributed by atoms with Gasteiger partial charge in [-0.3, -0.25) is 14.8 Å². The van der Waals surface area contributed by atoms with Crippen molar-refractivity contribution in [3.63, 3.8) is 0 Å². The van der Waals surface area contributed by atoms with Gasteiger partial charge in [-0.1, -0.05) is 0 Å². The van der Waals surface area contributed by atoms with Gasteiger partial charge in [0.2, 0.25) is 0 Å². The fraction of sp³-hybridized carbons (Fsp3) is 0.526. The van der Waals surface area contributed by atoms with Gasteiger partial charge in [0.15, 0.2) is 0 Å². The summed E-state index contributed by atoms with van der Waals surface area (Å²) in [7, 11) is 0. The number of hydrogen-bond donors (Lipinski definition) is 3. The van der Waals surface area contributed by atoms with Crippen LogP contribution in [0.4, 0.5) is 13.2 Å². The molecule has 0 saturated heterocycles. The van der Waals surface area contributed by atoms with Crippen molar-refractivity contribution in [3.8, 4) is 0 Å². The molecule has 0 bridgehead atoms. The highest BCUT2D eigenvalue weighted by Gasteiger charge is 2.42. The zero-order valence-electron chi connectivity index (χ0n) is 15.0. The molecule has 3 N–H and O–H groups in total. The first-order chi connectivity index (χ1) is 13.3. The Morgan fingerprint density at radius 3 is 2.57 bits per heavy atom. The normalized spacial score (nSPS) is 23.3. The van der Waals surface area contributed by atoms with Gasteiger partial charge >= 0.3 is 6.18 Å². The number of nitrogens with zero attached hydrogens (tertiary/aromatic N) is 2. The molecule has 2 fully saturated rings. The van der Waals surface area contributed by atoms with Crippen molar-refractivity contribution in [2.45, 2.75) is 55.9 Å². The molecule has 0 unspecified atom stereocenters. The standard InChI is InChI=1S/C19H21F3N4O2/c20-19(21,22)17(9-27)25-13-4-14(5-13)26-18(28)12-3-11-7-23-15(10-1-2-10)6-16(11)24-8-12/h3,6-8,10,13-14,17,25,27H,1-2,4-5,9H2,(H,26,28)/t13?,14?,17-/m1/s1. The smallest absolute Gasteiger partial charge is 0.394 e. The maximum absolute atomic E-state index is 12.7. The van der Waals surface area contributed by atoms with Crippen LogP contribution in [0.2, 0.25) is 0 Å². The molecule has 9 heteroatoms. The van der Waals surface area contributed by atoms with Crippen molar-refractivity contribution in [1.82, 2.24) is 20.6 Å². The number of hydrogen-bond acceptors (Lipinski definition) is 5. The maximum Gasteiger partial charge on any atom is 0.406 e. The highest BCUT2D eigenvalue weighted by molar-refractivity contribution is 5.97. The van der Waals surface area contributed by atoms with Gasteiger partial charge in [0.1, 0.15) is 6.04 Å². The molecule has 1 atom stereocenters. The van der Waals surface area contributed by atoms with E-state index in [9.17, 15) is 18.0 Å². The Morgan fingerprint density at radius 1 is 1.18 bits per heavy atom. The minimum absolute atomic E-state index is 0.205. The van der Waals surface area contributed by atoms with E-state index in [2.05, 4.69) is 20.6 Å². The number of aliphatic hydroxyl groups excluding tert-OH is 1. The summed E-state index contributed by atoms with van der Waals surface area (Å²) in [6, 6.07) is 1.15. The summed E-state index contributed by atoms with van der Waals surface area (Å²) < 4.78 is 38.0. The summed E-state index contributed by atoms with van der Waals surface area (Å²) in [5, 5.41) is 14.8. The SMILES string of the molecule is O=C(NC1CC(N[C@H](CO)C(F)(F)F)C1)c1cnc2cc(C3CC3)ncc2c1. The fourth-order valence-corrected chi connectivity index (χ4v) is 3.44. The largest absolute Gasteiger partial charge is 0.406 e. The minimum atomic E-state index is -4.49. The minimum Gasteiger partial charge on any atom is -0.394 e. The fourth-order valence-electron chi connectivity index (χ4n) is 3.44. The molecule has 4 rings (SSSR count). The molecule has 2 heterocycles. The molecule has 0 aliphatic heterocycles. The first-order valence-corrected chi connectivity index (χ1v) is 9.33. The second-order valence-corrected chi connectivity index (χ2v) is 7.58. The topological polar surface area (TPSA) is 87.1 Å². The van der Waals surface area contributed by atoms with Crippen LogP contribution in [-0.2, 0) is 0 Å². The van der Waals surface area contributed by atoms with Crippen LogP contribution in [-0.4, -0.2) is 51.9 Å². The molecule has 2 saturated carbocycles. The quantitative estimate of drug-likeness (QED) is 0.700. The van der Waals surface area contributed by atoms with Gasteiger partial charge in [-0.25, -0.2) is 0 Å². The molecule has 0 spiro atoms. The van der Waals surface area contributed by atoms with Crippen molar-refractivity contribution in [2.24, 2.45) is 0 Å². The van der Waals surface area contributed by atoms with Gasteiger partial charge in [0, 0.05) is 41.5 Å². The average molecular weight is 394 g/mol. The second-order valence-electron chi connectivity index (χ2n) is 7.58. The van der Waals surface area contributed by atoms with Crippen LogP contribution in [0.25, 0.3) is 10.9 Å². The molecule has 2 aromatic rings. The second kappa shape index (κ2) is 7.29. The lowest BCUT2D eigenvalue weighted by molar-refractivity contribution is -0.167. The summed E-state index contributed by atoms with van der Waals surface area (Å²) in [6.07, 6.45) is 1.80. The highest BCUT2D eigenvalue weighted by Crippen LogP contribution is 2.39. The molecule has 2 aliphatic rings. The van der Waals surface area contributed by atoms with Crippen LogP contribution in [0.15, 0.2) is 24.5 Å². The molecule has 150 valence electrons. The van der Waals surface area contributed by atoms with E-state index in [1.165, 1.54) is 6.20 Å². The van der Waals surface area contributed by atoms with Crippen LogP contribution >= 0.6 is 0 Å². The highest BCUT2D eigenvalue weighted by atomic mass is 19.4. The Balaban J connectivity index is 1.32. The molecule has 2 aliphatic carbocycles. The number of carbonyl (C=O) groups is 1. The Bertz CT molecular complexity index is 879. The predicted molar refractivity (Wildman–Crippen MR) is 95.9 cm³/mol. The lowest BCUT2D eigenvalue weighted by Crippen LogP contribution is -2.58. The molecule has 2 aromatic heterocycles. The Labute approximate surface area is 159 Å². The molecular weight excluding hydrogens is 373 g/mol. The van der Waals surface area contributed by atoms with Crippen LogP contribution in [0.5, 0.6) is 0 Å². The number of carbonyl (C=O) groups excluding carboxylic acids is 1. The number of aromatic nitrogens is 2. The van der Waals surface area contributed by atoms with Crippen LogP contribution in [0.3, 0.4) is 0 Å². The average Bonchev–Trinajstić information content (AvgIpc) is 3.46. The van der Waals surface area contributed by atoms with Crippen molar-refractivity contribution >= 4 is 16.8 Å². The van der Waals surface area contributed by atoms with E-state index in [-0.39, 0.29) is 18.0 Å². The van der Waals surface area contributed by atoms with Gasteiger partial charge in [0.25, 0.3) is 5.91 Å². The third-order valence-electron chi connectivity index (χ3n) is 5.33. The molecule has 0 aromatic carbocycles. The van der Waals surface area contributed by atoms with E-state index in [0.29, 0.717) is 24.3 Å². The summed E-state index contributed by atoms with van der Waals surface area (Å²) in [6.45, 7) is -1.00. The monoisotopic (exact) mass is 394 g/mol. The molecule has 0 radical (unpaired) electrons. The number of amides is 1. The van der Waals surface area contributed by atoms with E-state index in [4.69, 9.17) is 5.11 Å². The summed E-state index contributed by atoms with van der Waals surface area (Å²) in [5.41, 5.74) is 2.22. The number of halogens is 3. The number of aliphatic hydroxyl groups is 1. The van der Waals surface area contributed by atoms with Gasteiger partial charge in [-0.15, -0.1) is 0 Å². The van der Waals surface area contributed by atoms with Crippen LogP contribution in [0.1, 0.15) is 47.7 Å². The Hall–Kier alpha value is -2.26. The zero-order valence-corrected chi connectivity index (χ0v) is 15.0. The van der Waals surface area contributed by atoms with Gasteiger partial charge in [0.05, 0.1) is 17.7 Å². The lowest BCUT2D eigenvalue weighted by Gasteiger charge is -2.38. The Kier molecular flexibility index (Phi) is 4.96.